The van der Waals surface area contributed by atoms with E-state index in [0.717, 1.165) is 0 Å². The summed E-state index contributed by atoms with van der Waals surface area (Å²) in [4.78, 5) is 11.2. The molecule has 1 aliphatic heterocycles. The number of hydrogen-bond donors (Lipinski definition) is 1. The average molecular weight is 408 g/mol. The highest BCUT2D eigenvalue weighted by molar-refractivity contribution is 8.15. The molecule has 1 heterocycles. The fourth-order valence-corrected chi connectivity index (χ4v) is 3.14. The number of ether oxygens (including phenoxy) is 2. The van der Waals surface area contributed by atoms with Gasteiger partial charge in [0, 0.05) is 11.1 Å². The van der Waals surface area contributed by atoms with Crippen molar-refractivity contribution in [3.05, 3.63) is 58.4 Å². The molecule has 2 aromatic rings. The lowest BCUT2D eigenvalue weighted by Crippen LogP contribution is -2.19. The summed E-state index contributed by atoms with van der Waals surface area (Å²) in [6.07, 6.45) is 1.47. The predicted molar refractivity (Wildman–Crippen MR) is 104 cm³/mol. The number of nitrogens with zero attached hydrogens (tertiary/aromatic N) is 2. The molecule has 1 amide bonds. The van der Waals surface area contributed by atoms with E-state index >= 15 is 0 Å². The molecule has 1 fully saturated rings. The average Bonchev–Trinajstić information content (AvgIpc) is 3.07. The van der Waals surface area contributed by atoms with E-state index in [1.807, 2.05) is 0 Å². The Kier molecular flexibility index (Phi) is 6.31. The molecule has 3 rings (SSSR count). The number of amides is 1. The van der Waals surface area contributed by atoms with Crippen molar-refractivity contribution < 1.29 is 18.7 Å². The highest BCUT2D eigenvalue weighted by Gasteiger charge is 2.16. The first-order valence-corrected chi connectivity index (χ1v) is 9.21. The quantitative estimate of drug-likeness (QED) is 0.586. The van der Waals surface area contributed by atoms with E-state index in [9.17, 15) is 9.18 Å². The van der Waals surface area contributed by atoms with Crippen molar-refractivity contribution >= 4 is 40.7 Å². The van der Waals surface area contributed by atoms with E-state index in [4.69, 9.17) is 21.1 Å². The number of benzene rings is 2. The molecule has 140 valence electrons. The zero-order valence-electron chi connectivity index (χ0n) is 14.2. The van der Waals surface area contributed by atoms with E-state index in [2.05, 4.69) is 15.5 Å². The van der Waals surface area contributed by atoms with E-state index in [1.165, 1.54) is 37.2 Å². The number of thioether (sulfide) groups is 1. The van der Waals surface area contributed by atoms with Crippen LogP contribution in [0.2, 0.25) is 5.02 Å². The molecule has 0 radical (unpaired) electrons. The number of para-hydroxylation sites is 1. The monoisotopic (exact) mass is 407 g/mol. The molecule has 0 aromatic heterocycles. The number of halogens is 2. The predicted octanol–water partition coefficient (Wildman–Crippen LogP) is 3.62. The van der Waals surface area contributed by atoms with Gasteiger partial charge in [0.2, 0.25) is 5.91 Å². The maximum Gasteiger partial charge on any atom is 0.236 e. The van der Waals surface area contributed by atoms with Gasteiger partial charge in [-0.3, -0.25) is 4.79 Å². The first kappa shape index (κ1) is 19.2. The summed E-state index contributed by atoms with van der Waals surface area (Å²) < 4.78 is 25.1. The normalized spacial score (nSPS) is 15.4. The highest BCUT2D eigenvalue weighted by atomic mass is 35.5. The molecule has 2 aromatic carbocycles. The van der Waals surface area contributed by atoms with Gasteiger partial charge in [-0.1, -0.05) is 35.5 Å². The van der Waals surface area contributed by atoms with Gasteiger partial charge in [-0.2, -0.15) is 5.10 Å². The van der Waals surface area contributed by atoms with Crippen molar-refractivity contribution in [2.75, 3.05) is 12.9 Å². The third-order valence-electron chi connectivity index (χ3n) is 3.58. The van der Waals surface area contributed by atoms with Gasteiger partial charge in [0.05, 0.1) is 24.1 Å². The fourth-order valence-electron chi connectivity index (χ4n) is 2.29. The van der Waals surface area contributed by atoms with Gasteiger partial charge in [-0.25, -0.2) is 4.39 Å². The van der Waals surface area contributed by atoms with Gasteiger partial charge in [0.15, 0.2) is 16.7 Å². The third kappa shape index (κ3) is 4.78. The molecule has 6 nitrogen and oxygen atoms in total. The largest absolute Gasteiger partial charge is 0.493 e. The molecule has 1 N–H and O–H groups in total. The van der Waals surface area contributed by atoms with Crippen molar-refractivity contribution in [3.8, 4) is 11.5 Å². The van der Waals surface area contributed by atoms with Crippen molar-refractivity contribution in [1.29, 1.82) is 0 Å². The van der Waals surface area contributed by atoms with Crippen molar-refractivity contribution in [3.63, 3.8) is 0 Å². The summed E-state index contributed by atoms with van der Waals surface area (Å²) in [6, 6.07) is 9.68. The number of amidine groups is 1. The number of carbonyl (C=O) groups is 1. The second kappa shape index (κ2) is 8.88. The van der Waals surface area contributed by atoms with E-state index in [1.54, 1.807) is 24.3 Å². The highest BCUT2D eigenvalue weighted by Crippen LogP contribution is 2.32. The summed E-state index contributed by atoms with van der Waals surface area (Å²) in [7, 11) is 1.50. The van der Waals surface area contributed by atoms with E-state index in [0.29, 0.717) is 28.0 Å². The first-order valence-electron chi connectivity index (χ1n) is 7.85. The number of hydrogen-bond acceptors (Lipinski definition) is 6. The fraction of sp³-hybridized carbons (Fsp3) is 0.167. The van der Waals surface area contributed by atoms with Crippen LogP contribution in [0.1, 0.15) is 11.1 Å². The molecule has 27 heavy (non-hydrogen) atoms. The van der Waals surface area contributed by atoms with Crippen LogP contribution in [-0.4, -0.2) is 30.2 Å². The van der Waals surface area contributed by atoms with E-state index < -0.39 is 5.82 Å². The van der Waals surface area contributed by atoms with Crippen LogP contribution >= 0.6 is 23.4 Å². The Labute approximate surface area is 164 Å². The molecule has 9 heteroatoms. The Hall–Kier alpha value is -2.58. The summed E-state index contributed by atoms with van der Waals surface area (Å²) in [6.45, 7) is -0.0762. The Morgan fingerprint density at radius 1 is 1.33 bits per heavy atom. The van der Waals surface area contributed by atoms with Crippen LogP contribution in [0, 0.1) is 5.82 Å². The molecular weight excluding hydrogens is 393 g/mol. The minimum absolute atomic E-state index is 0.0762. The molecule has 1 aliphatic rings. The second-order valence-corrected chi connectivity index (χ2v) is 6.73. The topological polar surface area (TPSA) is 72.3 Å². The third-order valence-corrected chi connectivity index (χ3v) is 4.80. The van der Waals surface area contributed by atoms with Gasteiger partial charge in [0.25, 0.3) is 0 Å². The van der Waals surface area contributed by atoms with Gasteiger partial charge in [-0.15, -0.1) is 5.10 Å². The first-order chi connectivity index (χ1) is 13.1. The van der Waals surface area contributed by atoms with Crippen LogP contribution in [0.5, 0.6) is 11.5 Å². The summed E-state index contributed by atoms with van der Waals surface area (Å²) in [5, 5.41) is 11.2. The van der Waals surface area contributed by atoms with Crippen LogP contribution in [-0.2, 0) is 11.4 Å². The summed E-state index contributed by atoms with van der Waals surface area (Å²) in [5.41, 5.74) is 0.832. The molecule has 0 atom stereocenters. The lowest BCUT2D eigenvalue weighted by molar-refractivity contribution is -0.116. The zero-order valence-corrected chi connectivity index (χ0v) is 15.8. The lowest BCUT2D eigenvalue weighted by Gasteiger charge is -2.14. The van der Waals surface area contributed by atoms with Crippen LogP contribution < -0.4 is 14.8 Å². The van der Waals surface area contributed by atoms with Crippen molar-refractivity contribution in [2.24, 2.45) is 10.2 Å². The molecule has 0 aliphatic carbocycles. The van der Waals surface area contributed by atoms with Crippen LogP contribution in [0.25, 0.3) is 0 Å². The molecule has 1 saturated heterocycles. The van der Waals surface area contributed by atoms with Crippen LogP contribution in [0.4, 0.5) is 4.39 Å². The number of rotatable bonds is 6. The smallest absolute Gasteiger partial charge is 0.236 e. The standard InChI is InChI=1S/C18H15ClFN3O3S/c1-25-15-7-2-4-11(8-21-23-18-22-16(24)10-27-18)17(15)26-9-12-13(19)5-3-6-14(12)20/h2-8H,9-10H2,1H3,(H,22,23,24). The van der Waals surface area contributed by atoms with Crippen molar-refractivity contribution in [1.82, 2.24) is 5.32 Å². The Bertz CT molecular complexity index is 900. The second-order valence-electron chi connectivity index (χ2n) is 5.35. The summed E-state index contributed by atoms with van der Waals surface area (Å²) in [5.74, 6) is 0.605. The molecular formula is C18H15ClFN3O3S. The lowest BCUT2D eigenvalue weighted by atomic mass is 10.2. The molecule has 0 bridgehead atoms. The minimum Gasteiger partial charge on any atom is -0.493 e. The zero-order chi connectivity index (χ0) is 19.2. The van der Waals surface area contributed by atoms with Crippen LogP contribution in [0.3, 0.4) is 0 Å². The van der Waals surface area contributed by atoms with E-state index in [-0.39, 0.29) is 23.1 Å². The number of nitrogens with one attached hydrogen (secondary N) is 1. The molecule has 0 unspecified atom stereocenters. The van der Waals surface area contributed by atoms with Gasteiger partial charge < -0.3 is 14.8 Å². The van der Waals surface area contributed by atoms with Gasteiger partial charge in [0.1, 0.15) is 12.4 Å². The molecule has 0 saturated carbocycles. The SMILES string of the molecule is COc1cccc(C=NN=C2NC(=O)CS2)c1OCc1c(F)cccc1Cl. The van der Waals surface area contributed by atoms with Crippen LogP contribution in [0.15, 0.2) is 46.6 Å². The van der Waals surface area contributed by atoms with Gasteiger partial charge in [-0.05, 0) is 24.3 Å². The number of carbonyl (C=O) groups excluding carboxylic acids is 1. The summed E-state index contributed by atoms with van der Waals surface area (Å²) >= 11 is 7.32. The number of methoxy groups -OCH3 is 1. The van der Waals surface area contributed by atoms with Crippen molar-refractivity contribution in [2.45, 2.75) is 6.61 Å². The maximum absolute atomic E-state index is 14.0. The maximum atomic E-state index is 14.0. The Morgan fingerprint density at radius 3 is 2.85 bits per heavy atom. The Morgan fingerprint density at radius 2 is 2.15 bits per heavy atom. The minimum atomic E-state index is -0.451. The Balaban J connectivity index is 1.82. The molecule has 0 spiro atoms. The van der Waals surface area contributed by atoms with Gasteiger partial charge >= 0.3 is 0 Å².